The van der Waals surface area contributed by atoms with Gasteiger partial charge in [0.2, 0.25) is 11.8 Å². The van der Waals surface area contributed by atoms with Gasteiger partial charge >= 0.3 is 0 Å². The van der Waals surface area contributed by atoms with Gasteiger partial charge in [0.15, 0.2) is 11.5 Å². The van der Waals surface area contributed by atoms with Gasteiger partial charge in [0.25, 0.3) is 0 Å². The predicted octanol–water partition coefficient (Wildman–Crippen LogP) is 2.74. The summed E-state index contributed by atoms with van der Waals surface area (Å²) >= 11 is 6.15. The topological polar surface area (TPSA) is 67.9 Å². The second-order valence-corrected chi connectivity index (χ2v) is 6.05. The summed E-state index contributed by atoms with van der Waals surface area (Å²) < 4.78 is 10.4. The molecule has 1 aromatic carbocycles. The third-order valence-corrected chi connectivity index (χ3v) is 3.63. The monoisotopic (exact) mass is 368 g/mol. The zero-order valence-electron chi connectivity index (χ0n) is 15.3. The lowest BCUT2D eigenvalue weighted by Crippen LogP contribution is -2.42. The number of halogens is 1. The highest BCUT2D eigenvalue weighted by atomic mass is 35.5. The molecular formula is C18H25ClN2O4. The molecule has 0 atom stereocenters. The van der Waals surface area contributed by atoms with Crippen LogP contribution < -0.4 is 14.8 Å². The maximum Gasteiger partial charge on any atom is 0.247 e. The third kappa shape index (κ3) is 6.31. The van der Waals surface area contributed by atoms with Crippen LogP contribution in [0.4, 0.5) is 0 Å². The maximum atomic E-state index is 12.3. The number of rotatable bonds is 8. The number of methoxy groups -OCH3 is 2. The molecule has 0 saturated carbocycles. The van der Waals surface area contributed by atoms with Gasteiger partial charge in [0.1, 0.15) is 0 Å². The lowest BCUT2D eigenvalue weighted by Gasteiger charge is -2.19. The molecule has 0 aliphatic heterocycles. The lowest BCUT2D eigenvalue weighted by atomic mass is 10.2. The van der Waals surface area contributed by atoms with E-state index in [9.17, 15) is 9.59 Å². The molecule has 0 heterocycles. The van der Waals surface area contributed by atoms with Crippen LogP contribution in [0.5, 0.6) is 11.5 Å². The first-order chi connectivity index (χ1) is 11.8. The van der Waals surface area contributed by atoms with Gasteiger partial charge in [-0.15, -0.1) is 0 Å². The van der Waals surface area contributed by atoms with Crippen molar-refractivity contribution < 1.29 is 19.1 Å². The Balaban J connectivity index is 2.87. The molecule has 0 spiro atoms. The average Bonchev–Trinajstić information content (AvgIpc) is 2.56. The Morgan fingerprint density at radius 1 is 1.28 bits per heavy atom. The zero-order chi connectivity index (χ0) is 19.0. The van der Waals surface area contributed by atoms with Crippen LogP contribution in [0.25, 0.3) is 6.08 Å². The van der Waals surface area contributed by atoms with E-state index in [1.807, 2.05) is 20.8 Å². The van der Waals surface area contributed by atoms with Gasteiger partial charge in [-0.05, 0) is 44.5 Å². The van der Waals surface area contributed by atoms with E-state index in [1.54, 1.807) is 18.2 Å². The van der Waals surface area contributed by atoms with E-state index in [2.05, 4.69) is 5.32 Å². The summed E-state index contributed by atoms with van der Waals surface area (Å²) in [6.45, 7) is 6.01. The molecular weight excluding hydrogens is 344 g/mol. The van der Waals surface area contributed by atoms with Gasteiger partial charge in [0, 0.05) is 18.7 Å². The molecule has 0 fully saturated rings. The first kappa shape index (κ1) is 20.8. The Bertz CT molecular complexity index is 644. The molecule has 0 saturated heterocycles. The van der Waals surface area contributed by atoms with Gasteiger partial charge in [-0.25, -0.2) is 0 Å². The van der Waals surface area contributed by atoms with Crippen molar-refractivity contribution in [1.29, 1.82) is 0 Å². The highest BCUT2D eigenvalue weighted by molar-refractivity contribution is 6.32. The largest absolute Gasteiger partial charge is 0.493 e. The summed E-state index contributed by atoms with van der Waals surface area (Å²) in [6, 6.07) is 3.43. The number of carbonyl (C=O) groups is 2. The number of likely N-dealkylation sites (N-methyl/N-ethyl adjacent to an activating group) is 1. The Kier molecular flexibility index (Phi) is 8.28. The molecule has 25 heavy (non-hydrogen) atoms. The Morgan fingerprint density at radius 3 is 2.48 bits per heavy atom. The third-order valence-electron chi connectivity index (χ3n) is 3.35. The zero-order valence-corrected chi connectivity index (χ0v) is 16.0. The van der Waals surface area contributed by atoms with Gasteiger partial charge in [-0.2, -0.15) is 0 Å². The van der Waals surface area contributed by atoms with Crippen LogP contribution in [0, 0.1) is 0 Å². The highest BCUT2D eigenvalue weighted by Crippen LogP contribution is 2.36. The molecule has 1 aromatic rings. The molecule has 0 radical (unpaired) electrons. The van der Waals surface area contributed by atoms with Crippen molar-refractivity contribution in [3.05, 3.63) is 28.8 Å². The molecule has 0 unspecified atom stereocenters. The second kappa shape index (κ2) is 9.93. The van der Waals surface area contributed by atoms with Crippen molar-refractivity contribution in [2.75, 3.05) is 27.3 Å². The standard InChI is InChI=1S/C18H25ClN2O4/c1-6-21(11-16(22)20-12(2)3)17(23)8-7-13-9-14(19)18(25-5)15(10-13)24-4/h7-10,12H,6,11H2,1-5H3,(H,20,22)/b8-7+. The number of benzene rings is 1. The van der Waals surface area contributed by atoms with E-state index < -0.39 is 0 Å². The van der Waals surface area contributed by atoms with Crippen LogP contribution in [0.3, 0.4) is 0 Å². The second-order valence-electron chi connectivity index (χ2n) is 5.65. The minimum absolute atomic E-state index is 0.0184. The molecule has 0 aromatic heterocycles. The SMILES string of the molecule is CCN(CC(=O)NC(C)C)C(=O)/C=C/c1cc(Cl)c(OC)c(OC)c1. The van der Waals surface area contributed by atoms with E-state index in [4.69, 9.17) is 21.1 Å². The first-order valence-electron chi connectivity index (χ1n) is 8.00. The Hall–Kier alpha value is -2.21. The summed E-state index contributed by atoms with van der Waals surface area (Å²) in [4.78, 5) is 25.6. The van der Waals surface area contributed by atoms with Crippen molar-refractivity contribution in [3.8, 4) is 11.5 Å². The molecule has 1 rings (SSSR count). The minimum Gasteiger partial charge on any atom is -0.493 e. The lowest BCUT2D eigenvalue weighted by molar-refractivity contribution is -0.132. The molecule has 138 valence electrons. The smallest absolute Gasteiger partial charge is 0.247 e. The summed E-state index contributed by atoms with van der Waals surface area (Å²) in [5.41, 5.74) is 0.693. The van der Waals surface area contributed by atoms with Crippen LogP contribution >= 0.6 is 11.6 Å². The summed E-state index contributed by atoms with van der Waals surface area (Å²) in [5.74, 6) is 0.471. The number of ether oxygens (including phenoxy) is 2. The molecule has 0 aliphatic rings. The fourth-order valence-corrected chi connectivity index (χ4v) is 2.49. The number of nitrogens with zero attached hydrogens (tertiary/aromatic N) is 1. The molecule has 0 bridgehead atoms. The fourth-order valence-electron chi connectivity index (χ4n) is 2.19. The molecule has 7 heteroatoms. The van der Waals surface area contributed by atoms with Crippen molar-refractivity contribution in [1.82, 2.24) is 10.2 Å². The quantitative estimate of drug-likeness (QED) is 0.716. The van der Waals surface area contributed by atoms with Crippen molar-refractivity contribution in [3.63, 3.8) is 0 Å². The average molecular weight is 369 g/mol. The van der Waals surface area contributed by atoms with Crippen LogP contribution in [0.2, 0.25) is 5.02 Å². The van der Waals surface area contributed by atoms with Crippen molar-refractivity contribution >= 4 is 29.5 Å². The van der Waals surface area contributed by atoms with E-state index in [0.29, 0.717) is 28.6 Å². The molecule has 0 aliphatic carbocycles. The summed E-state index contributed by atoms with van der Waals surface area (Å²) in [6.07, 6.45) is 3.03. The van der Waals surface area contributed by atoms with Gasteiger partial charge < -0.3 is 19.7 Å². The first-order valence-corrected chi connectivity index (χ1v) is 8.38. The fraction of sp³-hybridized carbons (Fsp3) is 0.444. The van der Waals surface area contributed by atoms with E-state index >= 15 is 0 Å². The molecule has 1 N–H and O–H groups in total. The number of carbonyl (C=O) groups excluding carboxylic acids is 2. The predicted molar refractivity (Wildman–Crippen MR) is 99.1 cm³/mol. The number of hydrogen-bond donors (Lipinski definition) is 1. The summed E-state index contributed by atoms with van der Waals surface area (Å²) in [7, 11) is 3.02. The van der Waals surface area contributed by atoms with E-state index in [-0.39, 0.29) is 24.4 Å². The highest BCUT2D eigenvalue weighted by Gasteiger charge is 2.14. The summed E-state index contributed by atoms with van der Waals surface area (Å²) in [5, 5.41) is 3.15. The van der Waals surface area contributed by atoms with Crippen LogP contribution in [-0.4, -0.2) is 50.1 Å². The minimum atomic E-state index is -0.257. The van der Waals surface area contributed by atoms with E-state index in [0.717, 1.165) is 0 Å². The number of amides is 2. The van der Waals surface area contributed by atoms with Gasteiger partial charge in [-0.3, -0.25) is 9.59 Å². The Morgan fingerprint density at radius 2 is 1.96 bits per heavy atom. The van der Waals surface area contributed by atoms with Crippen molar-refractivity contribution in [2.45, 2.75) is 26.8 Å². The van der Waals surface area contributed by atoms with Gasteiger partial charge in [0.05, 0.1) is 25.8 Å². The number of hydrogen-bond acceptors (Lipinski definition) is 4. The molecule has 2 amide bonds. The molecule has 6 nitrogen and oxygen atoms in total. The van der Waals surface area contributed by atoms with Gasteiger partial charge in [-0.1, -0.05) is 11.6 Å². The number of nitrogens with one attached hydrogen (secondary N) is 1. The van der Waals surface area contributed by atoms with Crippen LogP contribution in [0.1, 0.15) is 26.3 Å². The maximum absolute atomic E-state index is 12.3. The Labute approximate surface area is 153 Å². The van der Waals surface area contributed by atoms with Crippen LogP contribution in [-0.2, 0) is 9.59 Å². The van der Waals surface area contributed by atoms with Crippen LogP contribution in [0.15, 0.2) is 18.2 Å². The van der Waals surface area contributed by atoms with Crippen molar-refractivity contribution in [2.24, 2.45) is 0 Å². The van der Waals surface area contributed by atoms with E-state index in [1.165, 1.54) is 25.2 Å². The normalized spacial score (nSPS) is 10.8.